The van der Waals surface area contributed by atoms with Crippen molar-refractivity contribution in [3.05, 3.63) is 80.3 Å². The van der Waals surface area contributed by atoms with Crippen molar-refractivity contribution >= 4 is 34.4 Å². The predicted molar refractivity (Wildman–Crippen MR) is 106 cm³/mol. The fourth-order valence-corrected chi connectivity index (χ4v) is 3.49. The lowest BCUT2D eigenvalue weighted by molar-refractivity contribution is 0.629. The van der Waals surface area contributed by atoms with Crippen LogP contribution >= 0.6 is 11.3 Å². The molecule has 0 aliphatic rings. The van der Waals surface area contributed by atoms with Crippen molar-refractivity contribution in [1.82, 2.24) is 19.5 Å². The Morgan fingerprint density at radius 2 is 2.00 bits per heavy atom. The summed E-state index contributed by atoms with van der Waals surface area (Å²) in [7, 11) is 0. The number of halogens is 1. The lowest BCUT2D eigenvalue weighted by atomic mass is 10.2. The van der Waals surface area contributed by atoms with Crippen LogP contribution in [0.1, 0.15) is 22.1 Å². The maximum atomic E-state index is 13.7. The minimum Gasteiger partial charge on any atom is -0.268 e. The largest absolute Gasteiger partial charge is 0.268 e. The first-order chi connectivity index (χ1) is 13.0. The van der Waals surface area contributed by atoms with Crippen LogP contribution in [0.25, 0.3) is 28.7 Å². The van der Waals surface area contributed by atoms with Gasteiger partial charge in [-0.15, -0.1) is 11.3 Å². The molecule has 1 aromatic carbocycles. The summed E-state index contributed by atoms with van der Waals surface area (Å²) in [6.45, 7) is 3.81. The maximum absolute atomic E-state index is 13.7. The molecule has 0 unspecified atom stereocenters. The molecule has 4 rings (SSSR count). The van der Waals surface area contributed by atoms with Crippen molar-refractivity contribution in [2.24, 2.45) is 0 Å². The highest BCUT2D eigenvalue weighted by atomic mass is 32.1. The van der Waals surface area contributed by atoms with Gasteiger partial charge in [0.05, 0.1) is 22.8 Å². The van der Waals surface area contributed by atoms with Gasteiger partial charge in [0, 0.05) is 17.3 Å². The van der Waals surface area contributed by atoms with Crippen LogP contribution in [-0.2, 0) is 0 Å². The molecule has 0 bridgehead atoms. The second-order valence-electron chi connectivity index (χ2n) is 6.09. The molecule has 0 spiro atoms. The Labute approximate surface area is 158 Å². The third-order valence-electron chi connectivity index (χ3n) is 4.12. The van der Waals surface area contributed by atoms with Gasteiger partial charge < -0.3 is 0 Å². The lowest BCUT2D eigenvalue weighted by Gasteiger charge is -2.13. The quantitative estimate of drug-likeness (QED) is 0.537. The summed E-state index contributed by atoms with van der Waals surface area (Å²) in [6.07, 6.45) is 6.83. The monoisotopic (exact) mass is 378 g/mol. The summed E-state index contributed by atoms with van der Waals surface area (Å²) in [6, 6.07) is 5.84. The first kappa shape index (κ1) is 17.2. The molecule has 7 heteroatoms. The molecule has 0 atom stereocenters. The highest BCUT2D eigenvalue weighted by molar-refractivity contribution is 7.10. The molecule has 0 saturated heterocycles. The van der Waals surface area contributed by atoms with E-state index in [-0.39, 0.29) is 10.9 Å². The van der Waals surface area contributed by atoms with Crippen LogP contribution < -0.4 is 5.56 Å². The van der Waals surface area contributed by atoms with E-state index < -0.39 is 5.82 Å². The van der Waals surface area contributed by atoms with Crippen LogP contribution in [-0.4, -0.2) is 19.5 Å². The summed E-state index contributed by atoms with van der Waals surface area (Å²) in [5, 5.41) is 2.99. The van der Waals surface area contributed by atoms with Gasteiger partial charge in [-0.3, -0.25) is 14.3 Å². The second-order valence-corrected chi connectivity index (χ2v) is 6.98. The summed E-state index contributed by atoms with van der Waals surface area (Å²) < 4.78 is 15.2. The fourth-order valence-electron chi connectivity index (χ4n) is 2.80. The number of nitrogens with zero attached hydrogens (tertiary/aromatic N) is 4. The SMILES string of the molecule is Cc1csc(/C=C/c2nc3ccc(F)cc3c(=O)n2-c2cnccc2C)n1. The van der Waals surface area contributed by atoms with Gasteiger partial charge in [-0.05, 0) is 55.8 Å². The fraction of sp³-hybridized carbons (Fsp3) is 0.100. The van der Waals surface area contributed by atoms with Crippen LogP contribution in [0.15, 0.2) is 46.8 Å². The van der Waals surface area contributed by atoms with E-state index in [1.807, 2.05) is 31.4 Å². The number of benzene rings is 1. The molecule has 0 amide bonds. The van der Waals surface area contributed by atoms with Gasteiger partial charge in [0.1, 0.15) is 16.6 Å². The minimum absolute atomic E-state index is 0.223. The molecule has 0 radical (unpaired) electrons. The van der Waals surface area contributed by atoms with Crippen molar-refractivity contribution in [1.29, 1.82) is 0 Å². The molecule has 3 heterocycles. The van der Waals surface area contributed by atoms with Gasteiger partial charge in [-0.2, -0.15) is 0 Å². The van der Waals surface area contributed by atoms with Gasteiger partial charge in [-0.25, -0.2) is 14.4 Å². The Kier molecular flexibility index (Phi) is 4.37. The number of pyridine rings is 1. The third-order valence-corrected chi connectivity index (χ3v) is 5.05. The molecular weight excluding hydrogens is 363 g/mol. The van der Waals surface area contributed by atoms with Crippen molar-refractivity contribution < 1.29 is 4.39 Å². The topological polar surface area (TPSA) is 60.7 Å². The van der Waals surface area contributed by atoms with Gasteiger partial charge in [0.2, 0.25) is 0 Å². The average molecular weight is 378 g/mol. The van der Waals surface area contributed by atoms with Crippen LogP contribution in [0.2, 0.25) is 0 Å². The van der Waals surface area contributed by atoms with Crippen molar-refractivity contribution in [3.63, 3.8) is 0 Å². The predicted octanol–water partition coefficient (Wildman–Crippen LogP) is 4.16. The second kappa shape index (κ2) is 6.85. The Morgan fingerprint density at radius 3 is 2.74 bits per heavy atom. The average Bonchev–Trinajstić information content (AvgIpc) is 3.07. The zero-order valence-corrected chi connectivity index (χ0v) is 15.5. The number of fused-ring (bicyclic) bond motifs is 1. The van der Waals surface area contributed by atoms with E-state index in [4.69, 9.17) is 0 Å². The van der Waals surface area contributed by atoms with E-state index in [1.165, 1.54) is 34.1 Å². The summed E-state index contributed by atoms with van der Waals surface area (Å²) in [5.74, 6) is -0.0412. The van der Waals surface area contributed by atoms with Gasteiger partial charge in [-0.1, -0.05) is 0 Å². The molecule has 3 aromatic heterocycles. The standard InChI is InChI=1S/C20H15FN4OS/c1-12-7-8-22-10-17(12)25-18(5-6-19-23-13(2)11-27-19)24-16-4-3-14(21)9-15(16)20(25)26/h3-11H,1-2H3/b6-5+. The normalized spacial score (nSPS) is 11.5. The van der Waals surface area contributed by atoms with E-state index in [9.17, 15) is 9.18 Å². The Bertz CT molecular complexity index is 1240. The molecule has 27 heavy (non-hydrogen) atoms. The highest BCUT2D eigenvalue weighted by Gasteiger charge is 2.14. The van der Waals surface area contributed by atoms with Gasteiger partial charge >= 0.3 is 0 Å². The molecule has 0 aliphatic carbocycles. The number of thiazole rings is 1. The number of hydrogen-bond acceptors (Lipinski definition) is 5. The van der Waals surface area contributed by atoms with E-state index in [2.05, 4.69) is 15.0 Å². The first-order valence-corrected chi connectivity index (χ1v) is 9.14. The summed E-state index contributed by atoms with van der Waals surface area (Å²) >= 11 is 1.51. The zero-order chi connectivity index (χ0) is 19.0. The molecule has 0 fully saturated rings. The molecular formula is C20H15FN4OS. The number of rotatable bonds is 3. The molecule has 0 aliphatic heterocycles. The third kappa shape index (κ3) is 3.29. The summed E-state index contributed by atoms with van der Waals surface area (Å²) in [4.78, 5) is 26.3. The van der Waals surface area contributed by atoms with E-state index in [1.54, 1.807) is 18.5 Å². The Balaban J connectivity index is 2.00. The Hall–Kier alpha value is -3.19. The van der Waals surface area contributed by atoms with Crippen molar-refractivity contribution in [3.8, 4) is 5.69 Å². The van der Waals surface area contributed by atoms with Crippen LogP contribution in [0.5, 0.6) is 0 Å². The van der Waals surface area contributed by atoms with Gasteiger partial charge in [0.25, 0.3) is 5.56 Å². The molecule has 134 valence electrons. The molecule has 0 N–H and O–H groups in total. The summed E-state index contributed by atoms with van der Waals surface area (Å²) in [5.41, 5.74) is 2.50. The van der Waals surface area contributed by atoms with E-state index in [0.717, 1.165) is 16.3 Å². The first-order valence-electron chi connectivity index (χ1n) is 8.26. The van der Waals surface area contributed by atoms with E-state index >= 15 is 0 Å². The highest BCUT2D eigenvalue weighted by Crippen LogP contribution is 2.19. The maximum Gasteiger partial charge on any atom is 0.266 e. The molecule has 5 nitrogen and oxygen atoms in total. The van der Waals surface area contributed by atoms with Crippen molar-refractivity contribution in [2.75, 3.05) is 0 Å². The number of aromatic nitrogens is 4. The Morgan fingerprint density at radius 1 is 1.15 bits per heavy atom. The molecule has 0 saturated carbocycles. The van der Waals surface area contributed by atoms with Crippen molar-refractivity contribution in [2.45, 2.75) is 13.8 Å². The van der Waals surface area contributed by atoms with Gasteiger partial charge in [0.15, 0.2) is 0 Å². The minimum atomic E-state index is -0.475. The van der Waals surface area contributed by atoms with E-state index in [0.29, 0.717) is 17.0 Å². The molecule has 4 aromatic rings. The van der Waals surface area contributed by atoms with Crippen LogP contribution in [0.4, 0.5) is 4.39 Å². The zero-order valence-electron chi connectivity index (χ0n) is 14.7. The van der Waals surface area contributed by atoms with Crippen LogP contribution in [0, 0.1) is 19.7 Å². The number of hydrogen-bond donors (Lipinski definition) is 0. The smallest absolute Gasteiger partial charge is 0.266 e. The number of aryl methyl sites for hydroxylation is 2. The lowest BCUT2D eigenvalue weighted by Crippen LogP contribution is -2.23. The van der Waals surface area contributed by atoms with Crippen LogP contribution in [0.3, 0.4) is 0 Å².